The number of aryl methyl sites for hydroxylation is 2. The van der Waals surface area contributed by atoms with Gasteiger partial charge in [0.2, 0.25) is 10.9 Å². The number of furan rings is 1. The summed E-state index contributed by atoms with van der Waals surface area (Å²) in [5, 5.41) is 29.3. The van der Waals surface area contributed by atoms with Crippen LogP contribution in [0.25, 0.3) is 0 Å². The highest BCUT2D eigenvalue weighted by atomic mass is 32.2. The van der Waals surface area contributed by atoms with Crippen LogP contribution in [0.1, 0.15) is 39.0 Å². The molecule has 1 aliphatic rings. The van der Waals surface area contributed by atoms with Crippen LogP contribution in [0.15, 0.2) is 80.8 Å². The number of amides is 1. The first kappa shape index (κ1) is 23.8. The standard InChI is InChI=1S/C26H21N3O5S2/c1-14-3-6-16(7-4-14)13-35-26-28-27-25(36-26)29-21(17-8-10-18(30)11-9-17)20(23(32)24(29)33)22(31)19-12-5-15(2)34-19/h3-12,21,30,32H,13H2,1-2H3. The summed E-state index contributed by atoms with van der Waals surface area (Å²) in [7, 11) is 0. The van der Waals surface area contributed by atoms with Crippen molar-refractivity contribution >= 4 is 39.9 Å². The second-order valence-electron chi connectivity index (χ2n) is 8.30. The van der Waals surface area contributed by atoms with E-state index in [9.17, 15) is 19.8 Å². The number of carbonyl (C=O) groups is 2. The van der Waals surface area contributed by atoms with Gasteiger partial charge in [-0.25, -0.2) is 0 Å². The van der Waals surface area contributed by atoms with E-state index in [-0.39, 0.29) is 22.2 Å². The SMILES string of the molecule is Cc1ccc(CSc2nnc(N3C(=O)C(O)=C(C(=O)c4ccc(C)o4)C3c3ccc(O)cc3)s2)cc1. The molecule has 2 N–H and O–H groups in total. The van der Waals surface area contributed by atoms with Crippen molar-refractivity contribution in [1.29, 1.82) is 0 Å². The molecule has 0 saturated carbocycles. The predicted molar refractivity (Wildman–Crippen MR) is 136 cm³/mol. The summed E-state index contributed by atoms with van der Waals surface area (Å²) < 4.78 is 6.12. The van der Waals surface area contributed by atoms with Gasteiger partial charge in [0.05, 0.1) is 11.6 Å². The van der Waals surface area contributed by atoms with E-state index < -0.39 is 23.5 Å². The maximum absolute atomic E-state index is 13.4. The molecule has 36 heavy (non-hydrogen) atoms. The van der Waals surface area contributed by atoms with E-state index in [1.807, 2.05) is 31.2 Å². The van der Waals surface area contributed by atoms with Gasteiger partial charge in [0, 0.05) is 5.75 Å². The molecule has 1 aliphatic heterocycles. The number of carbonyl (C=O) groups excluding carboxylic acids is 2. The molecule has 182 valence electrons. The van der Waals surface area contributed by atoms with Gasteiger partial charge in [-0.15, -0.1) is 10.2 Å². The number of ketones is 1. The summed E-state index contributed by atoms with van der Waals surface area (Å²) in [6.45, 7) is 3.73. The third-order valence-corrected chi connectivity index (χ3v) is 7.84. The molecule has 0 bridgehead atoms. The van der Waals surface area contributed by atoms with Crippen molar-refractivity contribution < 1.29 is 24.2 Å². The fourth-order valence-electron chi connectivity index (χ4n) is 3.88. The molecular formula is C26H21N3O5S2. The Morgan fingerprint density at radius 1 is 1.03 bits per heavy atom. The number of aromatic hydroxyl groups is 1. The number of hydrogen-bond acceptors (Lipinski definition) is 9. The Morgan fingerprint density at radius 2 is 1.75 bits per heavy atom. The molecule has 4 aromatic rings. The monoisotopic (exact) mass is 519 g/mol. The summed E-state index contributed by atoms with van der Waals surface area (Å²) in [5.74, 6) is -0.785. The van der Waals surface area contributed by atoms with Crippen LogP contribution in [0.4, 0.5) is 5.13 Å². The van der Waals surface area contributed by atoms with Crippen LogP contribution in [0, 0.1) is 13.8 Å². The number of Topliss-reactive ketones (excluding diaryl/α,β-unsaturated/α-hetero) is 1. The van der Waals surface area contributed by atoms with E-state index in [0.29, 0.717) is 21.4 Å². The molecule has 5 rings (SSSR count). The topological polar surface area (TPSA) is 117 Å². The lowest BCUT2D eigenvalue weighted by atomic mass is 9.95. The van der Waals surface area contributed by atoms with Gasteiger partial charge in [0.15, 0.2) is 15.9 Å². The molecule has 1 unspecified atom stereocenters. The van der Waals surface area contributed by atoms with Crippen molar-refractivity contribution in [1.82, 2.24) is 10.2 Å². The molecule has 2 aromatic carbocycles. The molecule has 0 aliphatic carbocycles. The van der Waals surface area contributed by atoms with Gasteiger partial charge in [-0.05, 0) is 49.2 Å². The minimum Gasteiger partial charge on any atom is -0.508 e. The Balaban J connectivity index is 1.48. The zero-order valence-electron chi connectivity index (χ0n) is 19.3. The molecule has 0 radical (unpaired) electrons. The van der Waals surface area contributed by atoms with Crippen LogP contribution in [-0.2, 0) is 10.5 Å². The van der Waals surface area contributed by atoms with Gasteiger partial charge in [-0.2, -0.15) is 0 Å². The minimum absolute atomic E-state index is 0.0130. The first-order valence-electron chi connectivity index (χ1n) is 11.0. The van der Waals surface area contributed by atoms with Crippen molar-refractivity contribution in [2.24, 2.45) is 0 Å². The molecule has 10 heteroatoms. The first-order valence-corrected chi connectivity index (χ1v) is 12.8. The minimum atomic E-state index is -0.973. The molecular weight excluding hydrogens is 498 g/mol. The van der Waals surface area contributed by atoms with Crippen LogP contribution in [0.2, 0.25) is 0 Å². The zero-order chi connectivity index (χ0) is 25.4. The fraction of sp³-hybridized carbons (Fsp3) is 0.154. The average molecular weight is 520 g/mol. The third kappa shape index (κ3) is 4.52. The Bertz CT molecular complexity index is 1470. The normalized spacial score (nSPS) is 15.7. The number of aromatic nitrogens is 2. The quantitative estimate of drug-likeness (QED) is 0.186. The lowest BCUT2D eigenvalue weighted by molar-refractivity contribution is -0.117. The highest BCUT2D eigenvalue weighted by Gasteiger charge is 2.46. The maximum Gasteiger partial charge on any atom is 0.296 e. The van der Waals surface area contributed by atoms with Crippen molar-refractivity contribution in [2.75, 3.05) is 4.90 Å². The highest BCUT2D eigenvalue weighted by Crippen LogP contribution is 2.44. The highest BCUT2D eigenvalue weighted by molar-refractivity contribution is 8.00. The lowest BCUT2D eigenvalue weighted by Crippen LogP contribution is -2.31. The van der Waals surface area contributed by atoms with Gasteiger partial charge >= 0.3 is 0 Å². The Hall–Kier alpha value is -3.89. The van der Waals surface area contributed by atoms with E-state index in [1.54, 1.807) is 25.1 Å². The zero-order valence-corrected chi connectivity index (χ0v) is 21.0. The number of thioether (sulfide) groups is 1. The predicted octanol–water partition coefficient (Wildman–Crippen LogP) is 5.53. The van der Waals surface area contributed by atoms with Crippen LogP contribution in [0.5, 0.6) is 5.75 Å². The Labute approximate surface area is 214 Å². The summed E-state index contributed by atoms with van der Waals surface area (Å²) in [4.78, 5) is 27.9. The number of anilines is 1. The summed E-state index contributed by atoms with van der Waals surface area (Å²) in [6, 6.07) is 16.4. The summed E-state index contributed by atoms with van der Waals surface area (Å²) in [5.41, 5.74) is 2.70. The van der Waals surface area contributed by atoms with Gasteiger partial charge in [-0.3, -0.25) is 14.5 Å². The summed E-state index contributed by atoms with van der Waals surface area (Å²) >= 11 is 2.68. The van der Waals surface area contributed by atoms with Crippen LogP contribution in [-0.4, -0.2) is 32.1 Å². The van der Waals surface area contributed by atoms with Crippen LogP contribution < -0.4 is 4.90 Å². The van der Waals surface area contributed by atoms with E-state index in [1.165, 1.54) is 51.8 Å². The molecule has 8 nitrogen and oxygen atoms in total. The molecule has 1 amide bonds. The van der Waals surface area contributed by atoms with E-state index in [4.69, 9.17) is 4.42 Å². The molecule has 0 fully saturated rings. The maximum atomic E-state index is 13.4. The van der Waals surface area contributed by atoms with Crippen molar-refractivity contribution in [3.05, 3.63) is 100 Å². The number of nitrogens with zero attached hydrogens (tertiary/aromatic N) is 3. The summed E-state index contributed by atoms with van der Waals surface area (Å²) in [6.07, 6.45) is 0. The van der Waals surface area contributed by atoms with E-state index in [2.05, 4.69) is 10.2 Å². The van der Waals surface area contributed by atoms with Gasteiger partial charge < -0.3 is 14.6 Å². The smallest absolute Gasteiger partial charge is 0.296 e. The van der Waals surface area contributed by atoms with E-state index in [0.717, 1.165) is 5.56 Å². The first-order chi connectivity index (χ1) is 17.3. The molecule has 0 spiro atoms. The lowest BCUT2D eigenvalue weighted by Gasteiger charge is -2.23. The molecule has 3 heterocycles. The number of phenolic OH excluding ortho intramolecular Hbond substituents is 1. The number of hydrogen-bond donors (Lipinski definition) is 2. The van der Waals surface area contributed by atoms with Crippen molar-refractivity contribution in [3.63, 3.8) is 0 Å². The Morgan fingerprint density at radius 3 is 2.42 bits per heavy atom. The molecule has 2 aromatic heterocycles. The van der Waals surface area contributed by atoms with Crippen LogP contribution in [0.3, 0.4) is 0 Å². The van der Waals surface area contributed by atoms with Gasteiger partial charge in [0.1, 0.15) is 11.5 Å². The molecule has 1 atom stereocenters. The fourth-order valence-corrected chi connectivity index (χ4v) is 5.71. The number of rotatable bonds is 7. The van der Waals surface area contributed by atoms with Crippen molar-refractivity contribution in [3.8, 4) is 5.75 Å². The average Bonchev–Trinajstić information content (AvgIpc) is 3.58. The van der Waals surface area contributed by atoms with E-state index >= 15 is 0 Å². The third-order valence-electron chi connectivity index (χ3n) is 5.71. The number of aliphatic hydroxyl groups excluding tert-OH is 1. The number of phenols is 1. The number of benzene rings is 2. The largest absolute Gasteiger partial charge is 0.508 e. The second kappa shape index (κ2) is 9.63. The Kier molecular flexibility index (Phi) is 6.38. The van der Waals surface area contributed by atoms with Gasteiger partial charge in [0.25, 0.3) is 5.91 Å². The van der Waals surface area contributed by atoms with Crippen molar-refractivity contribution in [2.45, 2.75) is 30.0 Å². The number of aliphatic hydroxyl groups is 1. The molecule has 0 saturated heterocycles. The van der Waals surface area contributed by atoms with Crippen LogP contribution >= 0.6 is 23.1 Å². The second-order valence-corrected chi connectivity index (χ2v) is 10.5. The van der Waals surface area contributed by atoms with Gasteiger partial charge in [-0.1, -0.05) is 65.1 Å².